The van der Waals surface area contributed by atoms with Crippen molar-refractivity contribution in [2.24, 2.45) is 0 Å². The number of nitrogens with zero attached hydrogens (tertiary/aromatic N) is 1. The van der Waals surface area contributed by atoms with Crippen molar-refractivity contribution in [3.8, 4) is 5.75 Å². The lowest BCUT2D eigenvalue weighted by molar-refractivity contribution is 0.0696. The average molecular weight is 309 g/mol. The second kappa shape index (κ2) is 5.64. The van der Waals surface area contributed by atoms with Crippen LogP contribution in [0.25, 0.3) is 0 Å². The van der Waals surface area contributed by atoms with Crippen LogP contribution >= 0.6 is 11.6 Å². The van der Waals surface area contributed by atoms with Crippen LogP contribution in [0.3, 0.4) is 0 Å². The number of methoxy groups -OCH3 is 1. The fourth-order valence-corrected chi connectivity index (χ4v) is 2.09. The second-order valence-electron chi connectivity index (χ2n) is 3.73. The normalized spacial score (nSPS) is 11.4. The Balaban J connectivity index is 3.35. The van der Waals surface area contributed by atoms with E-state index in [0.29, 0.717) is 0 Å². The number of carboxylic acid groups (broad SMARTS) is 1. The van der Waals surface area contributed by atoms with E-state index < -0.39 is 16.2 Å². The molecule has 0 heterocycles. The summed E-state index contributed by atoms with van der Waals surface area (Å²) in [7, 11) is 0.168. The summed E-state index contributed by atoms with van der Waals surface area (Å²) in [6, 6.07) is 2.33. The molecule has 0 fully saturated rings. The van der Waals surface area contributed by atoms with Crippen molar-refractivity contribution in [3.63, 3.8) is 0 Å². The molecule has 9 heteroatoms. The second-order valence-corrected chi connectivity index (χ2v) is 6.00. The van der Waals surface area contributed by atoms with Crippen LogP contribution in [0, 0.1) is 0 Å². The van der Waals surface area contributed by atoms with Gasteiger partial charge in [-0.15, -0.1) is 0 Å². The van der Waals surface area contributed by atoms with Gasteiger partial charge in [0.1, 0.15) is 10.8 Å². The summed E-state index contributed by atoms with van der Waals surface area (Å²) in [6.45, 7) is 0. The van der Waals surface area contributed by atoms with Gasteiger partial charge in [0.25, 0.3) is 0 Å². The van der Waals surface area contributed by atoms with Gasteiger partial charge in [-0.1, -0.05) is 11.6 Å². The third-order valence-electron chi connectivity index (χ3n) is 2.23. The Kier molecular flexibility index (Phi) is 4.61. The van der Waals surface area contributed by atoms with Crippen molar-refractivity contribution in [1.82, 2.24) is 4.31 Å². The molecular formula is C10H13ClN2O5S. The Morgan fingerprint density at radius 2 is 2.00 bits per heavy atom. The van der Waals surface area contributed by atoms with Crippen molar-refractivity contribution in [2.75, 3.05) is 25.9 Å². The molecule has 0 saturated heterocycles. The number of hydrogen-bond donors (Lipinski definition) is 2. The monoisotopic (exact) mass is 308 g/mol. The largest absolute Gasteiger partial charge is 0.495 e. The topological polar surface area (TPSA) is 95.9 Å². The lowest BCUT2D eigenvalue weighted by atomic mass is 10.2. The molecule has 1 rings (SSSR count). The summed E-state index contributed by atoms with van der Waals surface area (Å²) in [6.07, 6.45) is 0. The van der Waals surface area contributed by atoms with Crippen molar-refractivity contribution in [1.29, 1.82) is 0 Å². The highest BCUT2D eigenvalue weighted by atomic mass is 35.5. The lowest BCUT2D eigenvalue weighted by Crippen LogP contribution is -2.29. The zero-order valence-corrected chi connectivity index (χ0v) is 12.0. The molecule has 0 amide bonds. The number of aromatic carboxylic acids is 1. The smallest absolute Gasteiger partial charge is 0.335 e. The van der Waals surface area contributed by atoms with Gasteiger partial charge in [0.05, 0.1) is 18.4 Å². The van der Waals surface area contributed by atoms with Crippen molar-refractivity contribution < 1.29 is 23.1 Å². The zero-order chi connectivity index (χ0) is 14.8. The number of halogens is 1. The quantitative estimate of drug-likeness (QED) is 0.854. The van der Waals surface area contributed by atoms with E-state index in [1.54, 1.807) is 0 Å². The van der Waals surface area contributed by atoms with E-state index >= 15 is 0 Å². The third-order valence-corrected chi connectivity index (χ3v) is 4.05. The predicted molar refractivity (Wildman–Crippen MR) is 71.2 cm³/mol. The van der Waals surface area contributed by atoms with Gasteiger partial charge >= 0.3 is 16.2 Å². The summed E-state index contributed by atoms with van der Waals surface area (Å²) in [5, 5.41) is 8.93. The van der Waals surface area contributed by atoms with Crippen molar-refractivity contribution in [3.05, 3.63) is 22.7 Å². The summed E-state index contributed by atoms with van der Waals surface area (Å²) in [4.78, 5) is 10.9. The van der Waals surface area contributed by atoms with Crippen LogP contribution in [-0.4, -0.2) is 45.0 Å². The van der Waals surface area contributed by atoms with E-state index in [0.717, 1.165) is 10.4 Å². The Labute approximate surface area is 115 Å². The highest BCUT2D eigenvalue weighted by Gasteiger charge is 2.19. The molecule has 0 saturated carbocycles. The number of benzene rings is 1. The molecule has 0 atom stereocenters. The van der Waals surface area contributed by atoms with Gasteiger partial charge in [-0.25, -0.2) is 4.79 Å². The van der Waals surface area contributed by atoms with Crippen molar-refractivity contribution >= 4 is 33.5 Å². The van der Waals surface area contributed by atoms with Crippen LogP contribution in [0.4, 0.5) is 5.69 Å². The molecule has 0 aliphatic rings. The molecular weight excluding hydrogens is 296 g/mol. The minimum atomic E-state index is -3.79. The molecule has 0 aliphatic heterocycles. The first-order chi connectivity index (χ1) is 8.69. The first kappa shape index (κ1) is 15.5. The van der Waals surface area contributed by atoms with Gasteiger partial charge < -0.3 is 9.84 Å². The van der Waals surface area contributed by atoms with Gasteiger partial charge in [-0.3, -0.25) is 4.72 Å². The number of carbonyl (C=O) groups is 1. The van der Waals surface area contributed by atoms with Gasteiger partial charge in [0.2, 0.25) is 0 Å². The van der Waals surface area contributed by atoms with Crippen LogP contribution in [-0.2, 0) is 10.2 Å². The summed E-state index contributed by atoms with van der Waals surface area (Å²) < 4.78 is 31.4. The van der Waals surface area contributed by atoms with E-state index in [1.165, 1.54) is 27.3 Å². The van der Waals surface area contributed by atoms with Gasteiger partial charge in [0, 0.05) is 14.1 Å². The molecule has 0 unspecified atom stereocenters. The predicted octanol–water partition coefficient (Wildman–Crippen LogP) is 1.27. The fraction of sp³-hybridized carbons (Fsp3) is 0.300. The highest BCUT2D eigenvalue weighted by molar-refractivity contribution is 7.90. The van der Waals surface area contributed by atoms with Crippen LogP contribution in [0.2, 0.25) is 5.02 Å². The van der Waals surface area contributed by atoms with E-state index in [9.17, 15) is 13.2 Å². The molecule has 7 nitrogen and oxygen atoms in total. The van der Waals surface area contributed by atoms with Gasteiger partial charge in [0.15, 0.2) is 0 Å². The number of hydrogen-bond acceptors (Lipinski definition) is 4. The molecule has 1 aromatic rings. The molecule has 0 bridgehead atoms. The molecule has 0 aliphatic carbocycles. The summed E-state index contributed by atoms with van der Waals surface area (Å²) in [5.41, 5.74) is -0.204. The number of anilines is 1. The Morgan fingerprint density at radius 1 is 1.42 bits per heavy atom. The molecule has 1 aromatic carbocycles. The Bertz CT molecular complexity index is 600. The molecule has 0 aromatic heterocycles. The van der Waals surface area contributed by atoms with Crippen LogP contribution in [0.5, 0.6) is 5.75 Å². The Morgan fingerprint density at radius 3 is 2.42 bits per heavy atom. The number of rotatable bonds is 5. The van der Waals surface area contributed by atoms with Crippen LogP contribution in [0.1, 0.15) is 10.4 Å². The minimum Gasteiger partial charge on any atom is -0.495 e. The van der Waals surface area contributed by atoms with Crippen molar-refractivity contribution in [2.45, 2.75) is 0 Å². The Hall–Kier alpha value is -1.51. The van der Waals surface area contributed by atoms with Crippen LogP contribution in [0.15, 0.2) is 12.1 Å². The molecule has 0 radical (unpaired) electrons. The third kappa shape index (κ3) is 3.49. The maximum atomic E-state index is 11.7. The van der Waals surface area contributed by atoms with E-state index in [1.807, 2.05) is 0 Å². The number of carboxylic acids is 1. The van der Waals surface area contributed by atoms with Gasteiger partial charge in [-0.05, 0) is 12.1 Å². The molecule has 106 valence electrons. The zero-order valence-electron chi connectivity index (χ0n) is 10.5. The maximum Gasteiger partial charge on any atom is 0.335 e. The highest BCUT2D eigenvalue weighted by Crippen LogP contribution is 2.34. The maximum absolute atomic E-state index is 11.7. The molecule has 19 heavy (non-hydrogen) atoms. The minimum absolute atomic E-state index is 0.0158. The van der Waals surface area contributed by atoms with Gasteiger partial charge in [-0.2, -0.15) is 12.7 Å². The van der Waals surface area contributed by atoms with E-state index in [-0.39, 0.29) is 22.0 Å². The first-order valence-electron chi connectivity index (χ1n) is 5.00. The molecule has 0 spiro atoms. The first-order valence-corrected chi connectivity index (χ1v) is 6.82. The molecule has 2 N–H and O–H groups in total. The van der Waals surface area contributed by atoms with E-state index in [4.69, 9.17) is 21.4 Å². The number of ether oxygens (including phenoxy) is 1. The standard InChI is InChI=1S/C10H13ClN2O5S/c1-13(2)19(16,17)12-7-4-6(10(14)15)5-8(18-3)9(7)11/h4-5,12H,1-3H3,(H,14,15). The number of nitrogens with one attached hydrogen (secondary N) is 1. The lowest BCUT2D eigenvalue weighted by Gasteiger charge is -2.16. The SMILES string of the molecule is COc1cc(C(=O)O)cc(NS(=O)(=O)N(C)C)c1Cl. The summed E-state index contributed by atoms with van der Waals surface area (Å²) in [5.74, 6) is -1.15. The van der Waals surface area contributed by atoms with E-state index in [2.05, 4.69) is 4.72 Å². The summed E-state index contributed by atoms with van der Waals surface area (Å²) >= 11 is 5.93. The fourth-order valence-electron chi connectivity index (χ4n) is 1.17. The van der Waals surface area contributed by atoms with Crippen LogP contribution < -0.4 is 9.46 Å². The average Bonchev–Trinajstić information content (AvgIpc) is 2.30.